The van der Waals surface area contributed by atoms with E-state index in [1.54, 1.807) is 0 Å². The van der Waals surface area contributed by atoms with Gasteiger partial charge in [0.05, 0.1) is 0 Å². The number of nitrogens with one attached hydrogen (secondary N) is 1. The van der Waals surface area contributed by atoms with Gasteiger partial charge in [0, 0.05) is 31.5 Å². The first kappa shape index (κ1) is 18.9. The van der Waals surface area contributed by atoms with Crippen molar-refractivity contribution in [1.29, 1.82) is 0 Å². The number of carbonyl (C=O) groups excluding carboxylic acids is 2. The van der Waals surface area contributed by atoms with Crippen LogP contribution < -0.4 is 11.1 Å². The Bertz CT molecular complexity index is 597. The Labute approximate surface area is 156 Å². The number of carbonyl (C=O) groups is 2. The van der Waals surface area contributed by atoms with E-state index in [1.165, 1.54) is 5.56 Å². The summed E-state index contributed by atoms with van der Waals surface area (Å²) in [4.78, 5) is 26.9. The quantitative estimate of drug-likeness (QED) is 0.819. The number of rotatable bonds is 6. The zero-order valence-electron chi connectivity index (χ0n) is 15.5. The summed E-state index contributed by atoms with van der Waals surface area (Å²) in [7, 11) is 0. The second kappa shape index (κ2) is 9.17. The van der Waals surface area contributed by atoms with E-state index < -0.39 is 0 Å². The van der Waals surface area contributed by atoms with Crippen molar-refractivity contribution in [2.45, 2.75) is 51.0 Å². The summed E-state index contributed by atoms with van der Waals surface area (Å²) < 4.78 is 0. The molecule has 0 unspecified atom stereocenters. The minimum absolute atomic E-state index is 0.0885. The summed E-state index contributed by atoms with van der Waals surface area (Å²) in [5, 5.41) is 3.21. The van der Waals surface area contributed by atoms with Crippen LogP contribution in [0.5, 0.6) is 0 Å². The molecular formula is C21H31N3O2. The number of benzene rings is 1. The van der Waals surface area contributed by atoms with Crippen LogP contribution in [0, 0.1) is 11.8 Å². The summed E-state index contributed by atoms with van der Waals surface area (Å²) >= 11 is 0. The first-order valence-corrected chi connectivity index (χ1v) is 9.99. The molecule has 1 aliphatic carbocycles. The van der Waals surface area contributed by atoms with Crippen molar-refractivity contribution in [3.63, 3.8) is 0 Å². The van der Waals surface area contributed by atoms with E-state index in [1.807, 2.05) is 23.1 Å². The van der Waals surface area contributed by atoms with Crippen molar-refractivity contribution in [1.82, 2.24) is 10.2 Å². The molecular weight excluding hydrogens is 326 g/mol. The number of nitrogens with two attached hydrogens (primary N) is 1. The van der Waals surface area contributed by atoms with Gasteiger partial charge in [-0.2, -0.15) is 0 Å². The van der Waals surface area contributed by atoms with Crippen LogP contribution in [0.4, 0.5) is 0 Å². The molecule has 0 radical (unpaired) electrons. The molecule has 26 heavy (non-hydrogen) atoms. The zero-order valence-corrected chi connectivity index (χ0v) is 15.5. The van der Waals surface area contributed by atoms with Crippen molar-refractivity contribution in [3.8, 4) is 0 Å². The van der Waals surface area contributed by atoms with Crippen LogP contribution in [0.1, 0.15) is 44.1 Å². The van der Waals surface area contributed by atoms with Gasteiger partial charge in [-0.1, -0.05) is 36.8 Å². The van der Waals surface area contributed by atoms with Crippen LogP contribution in [-0.2, 0) is 16.0 Å². The third-order valence-corrected chi connectivity index (χ3v) is 5.96. The van der Waals surface area contributed by atoms with Gasteiger partial charge in [-0.15, -0.1) is 0 Å². The highest BCUT2D eigenvalue weighted by Gasteiger charge is 2.33. The van der Waals surface area contributed by atoms with Crippen molar-refractivity contribution < 1.29 is 9.59 Å². The average Bonchev–Trinajstić information content (AvgIpc) is 3.16. The monoisotopic (exact) mass is 357 g/mol. The van der Waals surface area contributed by atoms with Crippen LogP contribution in [0.2, 0.25) is 0 Å². The van der Waals surface area contributed by atoms with Gasteiger partial charge in [0.1, 0.15) is 0 Å². The Kier molecular flexibility index (Phi) is 6.67. The number of aryl methyl sites for hydroxylation is 1. The number of nitrogens with zero attached hydrogens (tertiary/aromatic N) is 1. The Morgan fingerprint density at radius 3 is 2.50 bits per heavy atom. The van der Waals surface area contributed by atoms with Gasteiger partial charge in [0.25, 0.3) is 0 Å². The Balaban J connectivity index is 1.39. The van der Waals surface area contributed by atoms with Gasteiger partial charge in [-0.05, 0) is 50.1 Å². The maximum absolute atomic E-state index is 12.5. The van der Waals surface area contributed by atoms with Gasteiger partial charge in [-0.25, -0.2) is 0 Å². The van der Waals surface area contributed by atoms with Crippen LogP contribution in [0.3, 0.4) is 0 Å². The lowest BCUT2D eigenvalue weighted by molar-refractivity contribution is -0.132. The van der Waals surface area contributed by atoms with Crippen molar-refractivity contribution in [2.24, 2.45) is 17.6 Å². The highest BCUT2D eigenvalue weighted by molar-refractivity contribution is 5.80. The molecule has 2 amide bonds. The highest BCUT2D eigenvalue weighted by Crippen LogP contribution is 2.31. The molecule has 5 nitrogen and oxygen atoms in total. The van der Waals surface area contributed by atoms with Crippen LogP contribution in [-0.4, -0.2) is 42.4 Å². The summed E-state index contributed by atoms with van der Waals surface area (Å²) in [6.45, 7) is 2.08. The highest BCUT2D eigenvalue weighted by atomic mass is 16.2. The smallest absolute Gasteiger partial charge is 0.223 e. The SMILES string of the molecule is NC[C@H]1CCC[C@H]1C(=O)NC1CCN(C(=O)CCc2ccccc2)CC1. The molecule has 5 heteroatoms. The van der Waals surface area contributed by atoms with E-state index in [9.17, 15) is 9.59 Å². The fourth-order valence-corrected chi connectivity index (χ4v) is 4.30. The number of piperidine rings is 1. The molecule has 1 heterocycles. The molecule has 0 aromatic heterocycles. The van der Waals surface area contributed by atoms with E-state index in [4.69, 9.17) is 5.73 Å². The lowest BCUT2D eigenvalue weighted by Gasteiger charge is -2.33. The molecule has 1 aromatic carbocycles. The summed E-state index contributed by atoms with van der Waals surface area (Å²) in [5.74, 6) is 0.824. The normalized spacial score (nSPS) is 23.8. The first-order valence-electron chi connectivity index (χ1n) is 9.99. The van der Waals surface area contributed by atoms with E-state index in [2.05, 4.69) is 17.4 Å². The molecule has 0 bridgehead atoms. The second-order valence-corrected chi connectivity index (χ2v) is 7.68. The minimum atomic E-state index is 0.0885. The third kappa shape index (κ3) is 4.85. The average molecular weight is 357 g/mol. The van der Waals surface area contributed by atoms with E-state index >= 15 is 0 Å². The van der Waals surface area contributed by atoms with E-state index in [-0.39, 0.29) is 23.8 Å². The zero-order chi connectivity index (χ0) is 18.4. The molecule has 1 saturated carbocycles. The summed E-state index contributed by atoms with van der Waals surface area (Å²) in [6.07, 6.45) is 6.19. The molecule has 2 atom stereocenters. The van der Waals surface area contributed by atoms with Gasteiger partial charge in [0.2, 0.25) is 11.8 Å². The molecule has 0 spiro atoms. The Hall–Kier alpha value is -1.88. The van der Waals surface area contributed by atoms with Gasteiger partial charge >= 0.3 is 0 Å². The van der Waals surface area contributed by atoms with Gasteiger partial charge < -0.3 is 16.0 Å². The number of likely N-dealkylation sites (tertiary alicyclic amines) is 1. The van der Waals surface area contributed by atoms with E-state index in [0.29, 0.717) is 18.9 Å². The predicted octanol–water partition coefficient (Wildman–Crippen LogP) is 2.10. The fourth-order valence-electron chi connectivity index (χ4n) is 4.30. The number of amides is 2. The van der Waals surface area contributed by atoms with E-state index in [0.717, 1.165) is 51.6 Å². The molecule has 1 aliphatic heterocycles. The molecule has 142 valence electrons. The molecule has 3 N–H and O–H groups in total. The molecule has 3 rings (SSSR count). The Morgan fingerprint density at radius 1 is 1.08 bits per heavy atom. The van der Waals surface area contributed by atoms with Crippen LogP contribution in [0.25, 0.3) is 0 Å². The van der Waals surface area contributed by atoms with Crippen molar-refractivity contribution >= 4 is 11.8 Å². The second-order valence-electron chi connectivity index (χ2n) is 7.68. The third-order valence-electron chi connectivity index (χ3n) is 5.96. The standard InChI is InChI=1S/C21H31N3O2/c22-15-17-7-4-8-19(17)21(26)23-18-11-13-24(14-12-18)20(25)10-9-16-5-2-1-3-6-16/h1-3,5-6,17-19H,4,7-15,22H2,(H,23,26)/t17-,19-/m1/s1. The Morgan fingerprint density at radius 2 is 1.81 bits per heavy atom. The molecule has 1 saturated heterocycles. The number of hydrogen-bond acceptors (Lipinski definition) is 3. The van der Waals surface area contributed by atoms with Crippen molar-refractivity contribution in [2.75, 3.05) is 19.6 Å². The number of hydrogen-bond donors (Lipinski definition) is 2. The first-order chi connectivity index (χ1) is 12.7. The summed E-state index contributed by atoms with van der Waals surface area (Å²) in [6, 6.07) is 10.3. The van der Waals surface area contributed by atoms with Gasteiger partial charge in [0.15, 0.2) is 0 Å². The van der Waals surface area contributed by atoms with Gasteiger partial charge in [-0.3, -0.25) is 9.59 Å². The lowest BCUT2D eigenvalue weighted by atomic mass is 9.94. The maximum atomic E-state index is 12.5. The minimum Gasteiger partial charge on any atom is -0.353 e. The predicted molar refractivity (Wildman–Crippen MR) is 102 cm³/mol. The van der Waals surface area contributed by atoms with Crippen LogP contribution >= 0.6 is 0 Å². The lowest BCUT2D eigenvalue weighted by Crippen LogP contribution is -2.48. The maximum Gasteiger partial charge on any atom is 0.223 e. The molecule has 2 aliphatic rings. The topological polar surface area (TPSA) is 75.4 Å². The molecule has 1 aromatic rings. The molecule has 2 fully saturated rings. The van der Waals surface area contributed by atoms with Crippen LogP contribution in [0.15, 0.2) is 30.3 Å². The van der Waals surface area contributed by atoms with Crippen molar-refractivity contribution in [3.05, 3.63) is 35.9 Å². The largest absolute Gasteiger partial charge is 0.353 e. The fraction of sp³-hybridized carbons (Fsp3) is 0.619. The summed E-state index contributed by atoms with van der Waals surface area (Å²) in [5.41, 5.74) is 7.00.